The van der Waals surface area contributed by atoms with Gasteiger partial charge in [0.1, 0.15) is 16.8 Å². The third kappa shape index (κ3) is 5.16. The number of para-hydroxylation sites is 3. The third-order valence-electron chi connectivity index (χ3n) is 4.79. The molecule has 3 aromatic carbocycles. The molecule has 1 aromatic heterocycles. The summed E-state index contributed by atoms with van der Waals surface area (Å²) in [6.07, 6.45) is 0.653. The molecule has 0 saturated heterocycles. The Labute approximate surface area is 184 Å². The fraction of sp³-hybridized carbons (Fsp3) is 0.167. The Morgan fingerprint density at radius 3 is 2.55 bits per heavy atom. The van der Waals surface area contributed by atoms with Crippen molar-refractivity contribution in [3.63, 3.8) is 0 Å². The molecule has 1 N–H and O–H groups in total. The molecule has 0 aliphatic rings. The molecule has 0 saturated carbocycles. The second-order valence-electron chi connectivity index (χ2n) is 7.02. The van der Waals surface area contributed by atoms with Crippen molar-refractivity contribution in [2.24, 2.45) is 0 Å². The van der Waals surface area contributed by atoms with Gasteiger partial charge in [-0.3, -0.25) is 0 Å². The monoisotopic (exact) mass is 436 g/mol. The summed E-state index contributed by atoms with van der Waals surface area (Å²) in [6, 6.07) is 22.4. The number of nitrogens with zero attached hydrogens (tertiary/aromatic N) is 2. The highest BCUT2D eigenvalue weighted by Gasteiger charge is 2.15. The molecular formula is C24H21ClN2O4. The van der Waals surface area contributed by atoms with Crippen LogP contribution in [0.25, 0.3) is 11.1 Å². The van der Waals surface area contributed by atoms with Crippen molar-refractivity contribution < 1.29 is 19.1 Å². The van der Waals surface area contributed by atoms with E-state index >= 15 is 0 Å². The molecule has 0 amide bonds. The molecule has 0 radical (unpaired) electrons. The first-order chi connectivity index (χ1) is 15.1. The molecule has 0 aliphatic heterocycles. The summed E-state index contributed by atoms with van der Waals surface area (Å²) >= 11 is 6.01. The molecule has 0 spiro atoms. The number of oxazole rings is 1. The van der Waals surface area contributed by atoms with Crippen LogP contribution in [0.5, 0.6) is 5.75 Å². The predicted octanol–water partition coefficient (Wildman–Crippen LogP) is 5.66. The van der Waals surface area contributed by atoms with E-state index in [1.807, 2.05) is 53.4 Å². The summed E-state index contributed by atoms with van der Waals surface area (Å²) in [5.74, 6) is -0.646. The lowest BCUT2D eigenvalue weighted by Gasteiger charge is -2.21. The highest BCUT2D eigenvalue weighted by molar-refractivity contribution is 6.30. The van der Waals surface area contributed by atoms with E-state index in [1.165, 1.54) is 6.07 Å². The van der Waals surface area contributed by atoms with E-state index in [0.29, 0.717) is 42.9 Å². The molecule has 1 heterocycles. The topological polar surface area (TPSA) is 75.8 Å². The minimum Gasteiger partial charge on any atom is -0.493 e. The van der Waals surface area contributed by atoms with E-state index in [2.05, 4.69) is 4.98 Å². The summed E-state index contributed by atoms with van der Waals surface area (Å²) < 4.78 is 11.7. The van der Waals surface area contributed by atoms with Crippen LogP contribution in [0.1, 0.15) is 22.3 Å². The number of hydrogen-bond acceptors (Lipinski definition) is 5. The Kier molecular flexibility index (Phi) is 6.38. The minimum absolute atomic E-state index is 0.152. The van der Waals surface area contributed by atoms with Crippen molar-refractivity contribution >= 4 is 34.7 Å². The summed E-state index contributed by atoms with van der Waals surface area (Å²) in [6.45, 7) is 1.57. The van der Waals surface area contributed by atoms with Crippen LogP contribution in [0, 0.1) is 0 Å². The van der Waals surface area contributed by atoms with Crippen molar-refractivity contribution in [3.05, 3.63) is 88.9 Å². The molecule has 0 unspecified atom stereocenters. The zero-order valence-corrected chi connectivity index (χ0v) is 17.5. The molecule has 4 rings (SSSR count). The third-order valence-corrected chi connectivity index (χ3v) is 5.04. The van der Waals surface area contributed by atoms with Gasteiger partial charge in [-0.05, 0) is 48.4 Å². The molecule has 0 aliphatic carbocycles. The van der Waals surface area contributed by atoms with E-state index < -0.39 is 5.97 Å². The normalized spacial score (nSPS) is 10.9. The Morgan fingerprint density at radius 2 is 1.77 bits per heavy atom. The molecule has 0 atom stereocenters. The second-order valence-corrected chi connectivity index (χ2v) is 7.45. The van der Waals surface area contributed by atoms with Gasteiger partial charge < -0.3 is 19.2 Å². The number of aromatic nitrogens is 1. The average molecular weight is 437 g/mol. The van der Waals surface area contributed by atoms with E-state index in [1.54, 1.807) is 18.2 Å². The highest BCUT2D eigenvalue weighted by Crippen LogP contribution is 2.24. The first-order valence-electron chi connectivity index (χ1n) is 9.90. The van der Waals surface area contributed by atoms with Crippen LogP contribution in [0.4, 0.5) is 6.01 Å². The van der Waals surface area contributed by atoms with Crippen molar-refractivity contribution in [2.45, 2.75) is 13.0 Å². The number of hydrogen-bond donors (Lipinski definition) is 1. The molecule has 6 nitrogen and oxygen atoms in total. The van der Waals surface area contributed by atoms with Gasteiger partial charge in [-0.15, -0.1) is 0 Å². The van der Waals surface area contributed by atoms with Crippen molar-refractivity contribution in [2.75, 3.05) is 18.1 Å². The molecule has 0 bridgehead atoms. The molecule has 4 aromatic rings. The number of benzene rings is 3. The number of rotatable bonds is 9. The zero-order chi connectivity index (χ0) is 21.6. The molecule has 31 heavy (non-hydrogen) atoms. The number of halogens is 1. The van der Waals surface area contributed by atoms with Gasteiger partial charge in [-0.1, -0.05) is 48.0 Å². The summed E-state index contributed by atoms with van der Waals surface area (Å²) in [4.78, 5) is 18.0. The quantitative estimate of drug-likeness (QED) is 0.341. The zero-order valence-electron chi connectivity index (χ0n) is 16.7. The van der Waals surface area contributed by atoms with Crippen LogP contribution in [-0.2, 0) is 6.54 Å². The minimum atomic E-state index is -1.01. The van der Waals surface area contributed by atoms with Gasteiger partial charge in [0.05, 0.1) is 6.61 Å². The number of carbonyl (C=O) groups is 1. The van der Waals surface area contributed by atoms with Crippen LogP contribution in [-0.4, -0.2) is 29.2 Å². The fourth-order valence-corrected chi connectivity index (χ4v) is 3.38. The maximum Gasteiger partial charge on any atom is 0.339 e. The van der Waals surface area contributed by atoms with Gasteiger partial charge >= 0.3 is 5.97 Å². The molecular weight excluding hydrogens is 416 g/mol. The van der Waals surface area contributed by atoms with Crippen molar-refractivity contribution in [1.29, 1.82) is 0 Å². The van der Waals surface area contributed by atoms with Gasteiger partial charge in [-0.25, -0.2) is 4.79 Å². The van der Waals surface area contributed by atoms with Crippen molar-refractivity contribution in [3.8, 4) is 5.75 Å². The Balaban J connectivity index is 1.46. The SMILES string of the molecule is O=C(O)c1ccccc1OCCCN(Cc1ccc(Cl)cc1)c1nc2ccccc2o1. The average Bonchev–Trinajstić information content (AvgIpc) is 3.21. The number of carboxylic acid groups (broad SMARTS) is 1. The Morgan fingerprint density at radius 1 is 1.03 bits per heavy atom. The predicted molar refractivity (Wildman–Crippen MR) is 120 cm³/mol. The van der Waals surface area contributed by atoms with E-state index in [-0.39, 0.29) is 5.56 Å². The van der Waals surface area contributed by atoms with Crippen LogP contribution < -0.4 is 9.64 Å². The fourth-order valence-electron chi connectivity index (χ4n) is 3.25. The van der Waals surface area contributed by atoms with E-state index in [0.717, 1.165) is 16.7 Å². The smallest absolute Gasteiger partial charge is 0.339 e. The summed E-state index contributed by atoms with van der Waals surface area (Å²) in [5.41, 5.74) is 2.75. The largest absolute Gasteiger partial charge is 0.493 e. The number of fused-ring (bicyclic) bond motifs is 1. The number of ether oxygens (including phenoxy) is 1. The molecule has 158 valence electrons. The van der Waals surface area contributed by atoms with Gasteiger partial charge in [-0.2, -0.15) is 4.98 Å². The van der Waals surface area contributed by atoms with E-state index in [9.17, 15) is 9.90 Å². The second kappa shape index (κ2) is 9.53. The number of carboxylic acids is 1. The Hall–Kier alpha value is -3.51. The highest BCUT2D eigenvalue weighted by atomic mass is 35.5. The van der Waals surface area contributed by atoms with Gasteiger partial charge in [0.15, 0.2) is 5.58 Å². The summed E-state index contributed by atoms with van der Waals surface area (Å²) in [5, 5.41) is 9.98. The first-order valence-corrected chi connectivity index (χ1v) is 10.3. The molecule has 7 heteroatoms. The van der Waals surface area contributed by atoms with Crippen LogP contribution >= 0.6 is 11.6 Å². The molecule has 0 fully saturated rings. The number of aromatic carboxylic acids is 1. The first kappa shape index (κ1) is 20.8. The maximum atomic E-state index is 11.3. The van der Waals surface area contributed by atoms with Gasteiger partial charge in [0.2, 0.25) is 0 Å². The lowest BCUT2D eigenvalue weighted by atomic mass is 10.2. The van der Waals surface area contributed by atoms with Crippen LogP contribution in [0.3, 0.4) is 0 Å². The Bertz CT molecular complexity index is 1140. The van der Waals surface area contributed by atoms with Gasteiger partial charge in [0, 0.05) is 18.1 Å². The van der Waals surface area contributed by atoms with Crippen LogP contribution in [0.15, 0.2) is 77.2 Å². The standard InChI is InChI=1S/C24H21ClN2O4/c25-18-12-10-17(11-13-18)16-27(24-26-20-7-2-4-9-22(20)31-24)14-5-15-30-21-8-3-1-6-19(21)23(28)29/h1-4,6-13H,5,14-16H2,(H,28,29). The number of anilines is 1. The summed E-state index contributed by atoms with van der Waals surface area (Å²) in [7, 11) is 0. The lowest BCUT2D eigenvalue weighted by molar-refractivity contribution is 0.0692. The van der Waals surface area contributed by atoms with E-state index in [4.69, 9.17) is 20.8 Å². The van der Waals surface area contributed by atoms with Crippen molar-refractivity contribution in [1.82, 2.24) is 4.98 Å². The van der Waals surface area contributed by atoms with Crippen LogP contribution in [0.2, 0.25) is 5.02 Å². The maximum absolute atomic E-state index is 11.3. The lowest BCUT2D eigenvalue weighted by Crippen LogP contribution is -2.25. The van der Waals surface area contributed by atoms with Gasteiger partial charge in [0.25, 0.3) is 6.01 Å².